The quantitative estimate of drug-likeness (QED) is 0.349. The van der Waals surface area contributed by atoms with Crippen LogP contribution in [0.1, 0.15) is 20.3 Å². The van der Waals surface area contributed by atoms with Crippen molar-refractivity contribution in [3.05, 3.63) is 18.7 Å². The Morgan fingerprint density at radius 2 is 2.17 bits per heavy atom. The highest BCUT2D eigenvalue weighted by Gasteiger charge is 1.98. The van der Waals surface area contributed by atoms with Gasteiger partial charge in [0, 0.05) is 39.1 Å². The Kier molecular flexibility index (Phi) is 9.72. The summed E-state index contributed by atoms with van der Waals surface area (Å²) in [7, 11) is 1.80. The number of rotatable bonds is 6. The molecule has 104 valence electrons. The molecule has 1 aromatic heterocycles. The minimum Gasteiger partial charge on any atom is -0.356 e. The highest BCUT2D eigenvalue weighted by atomic mass is 127. The van der Waals surface area contributed by atoms with Crippen LogP contribution in [0.25, 0.3) is 0 Å². The zero-order chi connectivity index (χ0) is 12.5. The van der Waals surface area contributed by atoms with Crippen LogP contribution in [0.3, 0.4) is 0 Å². The summed E-state index contributed by atoms with van der Waals surface area (Å²) in [6, 6.07) is 0. The van der Waals surface area contributed by atoms with Crippen molar-refractivity contribution in [1.82, 2.24) is 20.2 Å². The summed E-state index contributed by atoms with van der Waals surface area (Å²) in [6.07, 6.45) is 6.67. The topological polar surface area (TPSA) is 54.2 Å². The summed E-state index contributed by atoms with van der Waals surface area (Å²) in [5, 5.41) is 6.57. The van der Waals surface area contributed by atoms with Gasteiger partial charge in [-0.1, -0.05) is 13.8 Å². The first kappa shape index (κ1) is 17.2. The predicted octanol–water partition coefficient (Wildman–Crippen LogP) is 1.71. The molecule has 0 saturated carbocycles. The number of hydrogen-bond donors (Lipinski definition) is 2. The highest BCUT2D eigenvalue weighted by Crippen LogP contribution is 1.89. The van der Waals surface area contributed by atoms with Crippen molar-refractivity contribution in [2.24, 2.45) is 10.9 Å². The Bertz CT molecular complexity index is 321. The van der Waals surface area contributed by atoms with Crippen LogP contribution in [0.15, 0.2) is 23.7 Å². The fourth-order valence-corrected chi connectivity index (χ4v) is 1.41. The molecular formula is C12H24IN5. The van der Waals surface area contributed by atoms with E-state index in [-0.39, 0.29) is 24.0 Å². The lowest BCUT2D eigenvalue weighted by molar-refractivity contribution is 0.599. The molecule has 0 unspecified atom stereocenters. The van der Waals surface area contributed by atoms with E-state index in [1.54, 1.807) is 13.2 Å². The fourth-order valence-electron chi connectivity index (χ4n) is 1.41. The van der Waals surface area contributed by atoms with Crippen molar-refractivity contribution in [3.63, 3.8) is 0 Å². The van der Waals surface area contributed by atoms with Crippen LogP contribution in [0.2, 0.25) is 0 Å². The molecule has 1 rings (SSSR count). The molecule has 0 saturated heterocycles. The van der Waals surface area contributed by atoms with Crippen molar-refractivity contribution in [2.45, 2.75) is 26.8 Å². The molecule has 0 atom stereocenters. The van der Waals surface area contributed by atoms with E-state index in [1.807, 2.05) is 12.5 Å². The minimum atomic E-state index is 0. The van der Waals surface area contributed by atoms with E-state index in [1.165, 1.54) is 0 Å². The van der Waals surface area contributed by atoms with Gasteiger partial charge in [0.2, 0.25) is 0 Å². The maximum atomic E-state index is 4.17. The van der Waals surface area contributed by atoms with Crippen LogP contribution in [0.5, 0.6) is 0 Å². The maximum Gasteiger partial charge on any atom is 0.190 e. The number of aryl methyl sites for hydroxylation is 1. The Morgan fingerprint density at radius 1 is 1.39 bits per heavy atom. The number of hydrogen-bond acceptors (Lipinski definition) is 2. The summed E-state index contributed by atoms with van der Waals surface area (Å²) in [6.45, 7) is 7.20. The molecule has 0 aliphatic carbocycles. The number of aliphatic imine (C=N–C) groups is 1. The van der Waals surface area contributed by atoms with Gasteiger partial charge < -0.3 is 15.2 Å². The molecule has 0 aliphatic rings. The Labute approximate surface area is 126 Å². The number of imidazole rings is 1. The van der Waals surface area contributed by atoms with Gasteiger partial charge in [0.25, 0.3) is 0 Å². The number of aromatic nitrogens is 2. The van der Waals surface area contributed by atoms with E-state index in [9.17, 15) is 0 Å². The second-order valence-electron chi connectivity index (χ2n) is 4.43. The Morgan fingerprint density at radius 3 is 2.72 bits per heavy atom. The van der Waals surface area contributed by atoms with Crippen LogP contribution in [-0.4, -0.2) is 35.6 Å². The standard InChI is InChI=1S/C12H23N5.HI/c1-11(2)9-16-12(13-3)15-5-4-7-17-8-6-14-10-17;/h6,8,10-11H,4-5,7,9H2,1-3H3,(H2,13,15,16);1H. The first-order chi connectivity index (χ1) is 8.22. The third-order valence-electron chi connectivity index (χ3n) is 2.35. The van der Waals surface area contributed by atoms with E-state index in [0.717, 1.165) is 32.0 Å². The van der Waals surface area contributed by atoms with Gasteiger partial charge in [-0.25, -0.2) is 4.98 Å². The van der Waals surface area contributed by atoms with Crippen LogP contribution in [0, 0.1) is 5.92 Å². The molecule has 0 aliphatic heterocycles. The van der Waals surface area contributed by atoms with Crippen LogP contribution >= 0.6 is 24.0 Å². The van der Waals surface area contributed by atoms with E-state index >= 15 is 0 Å². The van der Waals surface area contributed by atoms with E-state index in [2.05, 4.69) is 39.0 Å². The van der Waals surface area contributed by atoms with Gasteiger partial charge in [0.05, 0.1) is 6.33 Å². The highest BCUT2D eigenvalue weighted by molar-refractivity contribution is 14.0. The summed E-state index contributed by atoms with van der Waals surface area (Å²) < 4.78 is 2.08. The molecule has 0 radical (unpaired) electrons. The molecule has 0 spiro atoms. The maximum absolute atomic E-state index is 4.17. The lowest BCUT2D eigenvalue weighted by Crippen LogP contribution is -2.39. The molecule has 1 aromatic rings. The summed E-state index contributed by atoms with van der Waals surface area (Å²) in [4.78, 5) is 8.18. The molecule has 1 heterocycles. The normalized spacial score (nSPS) is 11.2. The third-order valence-corrected chi connectivity index (χ3v) is 2.35. The summed E-state index contributed by atoms with van der Waals surface area (Å²) in [5.74, 6) is 1.50. The molecule has 0 bridgehead atoms. The van der Waals surface area contributed by atoms with Gasteiger partial charge in [-0.2, -0.15) is 0 Å². The van der Waals surface area contributed by atoms with E-state index < -0.39 is 0 Å². The molecule has 0 fully saturated rings. The summed E-state index contributed by atoms with van der Waals surface area (Å²) >= 11 is 0. The second-order valence-corrected chi connectivity index (χ2v) is 4.43. The Balaban J connectivity index is 0.00000289. The number of halogens is 1. The fraction of sp³-hybridized carbons (Fsp3) is 0.667. The summed E-state index contributed by atoms with van der Waals surface area (Å²) in [5.41, 5.74) is 0. The molecule has 0 amide bonds. The smallest absolute Gasteiger partial charge is 0.190 e. The van der Waals surface area contributed by atoms with Crippen LogP contribution in [0.4, 0.5) is 0 Å². The van der Waals surface area contributed by atoms with Gasteiger partial charge in [-0.3, -0.25) is 4.99 Å². The van der Waals surface area contributed by atoms with Crippen LogP contribution in [-0.2, 0) is 6.54 Å². The van der Waals surface area contributed by atoms with Gasteiger partial charge in [-0.15, -0.1) is 24.0 Å². The molecule has 6 heteroatoms. The van der Waals surface area contributed by atoms with E-state index in [0.29, 0.717) is 5.92 Å². The zero-order valence-electron chi connectivity index (χ0n) is 11.4. The van der Waals surface area contributed by atoms with Crippen molar-refractivity contribution in [1.29, 1.82) is 0 Å². The van der Waals surface area contributed by atoms with Gasteiger partial charge in [0.1, 0.15) is 0 Å². The van der Waals surface area contributed by atoms with Gasteiger partial charge >= 0.3 is 0 Å². The predicted molar refractivity (Wildman–Crippen MR) is 86.5 cm³/mol. The average molecular weight is 365 g/mol. The Hall–Kier alpha value is -0.790. The van der Waals surface area contributed by atoms with Crippen molar-refractivity contribution in [2.75, 3.05) is 20.1 Å². The van der Waals surface area contributed by atoms with Gasteiger partial charge in [0.15, 0.2) is 5.96 Å². The largest absolute Gasteiger partial charge is 0.356 e. The number of nitrogens with zero attached hydrogens (tertiary/aromatic N) is 3. The number of nitrogens with one attached hydrogen (secondary N) is 2. The monoisotopic (exact) mass is 365 g/mol. The average Bonchev–Trinajstić information content (AvgIpc) is 2.81. The SMILES string of the molecule is CN=C(NCCCn1ccnc1)NCC(C)C.I. The lowest BCUT2D eigenvalue weighted by atomic mass is 10.2. The molecule has 5 nitrogen and oxygen atoms in total. The first-order valence-corrected chi connectivity index (χ1v) is 6.12. The lowest BCUT2D eigenvalue weighted by Gasteiger charge is -2.13. The minimum absolute atomic E-state index is 0. The van der Waals surface area contributed by atoms with Crippen molar-refractivity contribution >= 4 is 29.9 Å². The zero-order valence-corrected chi connectivity index (χ0v) is 13.7. The number of guanidine groups is 1. The third kappa shape index (κ3) is 7.52. The van der Waals surface area contributed by atoms with Crippen molar-refractivity contribution < 1.29 is 0 Å². The molecule has 18 heavy (non-hydrogen) atoms. The molecule has 0 aromatic carbocycles. The van der Waals surface area contributed by atoms with Crippen LogP contribution < -0.4 is 10.6 Å². The van der Waals surface area contributed by atoms with E-state index in [4.69, 9.17) is 0 Å². The molecule has 2 N–H and O–H groups in total. The first-order valence-electron chi connectivity index (χ1n) is 6.12. The molecular weight excluding hydrogens is 341 g/mol. The van der Waals surface area contributed by atoms with Gasteiger partial charge in [-0.05, 0) is 12.3 Å². The second kappa shape index (κ2) is 10.2. The van der Waals surface area contributed by atoms with Crippen molar-refractivity contribution in [3.8, 4) is 0 Å².